The van der Waals surface area contributed by atoms with E-state index in [1.54, 1.807) is 26.6 Å². The van der Waals surface area contributed by atoms with E-state index in [1.165, 1.54) is 0 Å². The summed E-state index contributed by atoms with van der Waals surface area (Å²) in [7, 11) is 0. The minimum Gasteiger partial charge on any atom is -0.378 e. The lowest BCUT2D eigenvalue weighted by atomic mass is 9.76. The largest absolute Gasteiger partial charge is 0.378 e. The molecule has 194 valence electrons. The van der Waals surface area contributed by atoms with Gasteiger partial charge < -0.3 is 19.3 Å². The average molecular weight is 533 g/mol. The second-order valence-corrected chi connectivity index (χ2v) is 10.5. The third kappa shape index (κ3) is 3.58. The number of nitrogens with zero attached hydrogens (tertiary/aromatic N) is 6. The van der Waals surface area contributed by atoms with Gasteiger partial charge in [0.2, 0.25) is 11.8 Å². The number of benzene rings is 2. The summed E-state index contributed by atoms with van der Waals surface area (Å²) < 4.78 is 13.5. The van der Waals surface area contributed by atoms with Crippen LogP contribution >= 0.6 is 11.6 Å². The monoisotopic (exact) mass is 532 g/mol. The maximum absolute atomic E-state index is 14.3. The van der Waals surface area contributed by atoms with Gasteiger partial charge in [-0.2, -0.15) is 4.68 Å². The van der Waals surface area contributed by atoms with Gasteiger partial charge >= 0.3 is 0 Å². The van der Waals surface area contributed by atoms with Crippen LogP contribution in [0.4, 0.5) is 0 Å². The summed E-state index contributed by atoms with van der Waals surface area (Å²) in [6.07, 6.45) is 3.50. The Balaban J connectivity index is 1.28. The van der Waals surface area contributed by atoms with E-state index < -0.39 is 29.6 Å². The van der Waals surface area contributed by atoms with Crippen LogP contribution in [0.2, 0.25) is 5.02 Å². The van der Waals surface area contributed by atoms with Gasteiger partial charge in [-0.05, 0) is 40.3 Å². The highest BCUT2D eigenvalue weighted by atomic mass is 35.5. The quantitative estimate of drug-likeness (QED) is 0.463. The van der Waals surface area contributed by atoms with Crippen molar-refractivity contribution in [2.45, 2.75) is 17.7 Å². The van der Waals surface area contributed by atoms with Gasteiger partial charge in [-0.15, -0.1) is 5.10 Å². The molecular weight excluding hydrogens is 508 g/mol. The van der Waals surface area contributed by atoms with Crippen molar-refractivity contribution in [3.63, 3.8) is 0 Å². The molecule has 0 N–H and O–H groups in total. The smallest absolute Gasteiger partial charge is 0.230 e. The standard InChI is InChI=1S/C27H25ClN6O4/c28-18-6-8-19(9-7-18)34-24(29-30-31-34)23(17-4-2-1-3-5-17)33-16-27-11-10-20(38-27)21(22(27)26(33)36)25(35)32-12-14-37-15-13-32/h1-11,20-23H,12-16H2/t20-,21+,22-,23+,27-/m1/s1. The molecule has 4 aliphatic rings. The molecule has 10 nitrogen and oxygen atoms in total. The SMILES string of the molecule is O=C([C@H]1[C@H]2C=C[C@]3(CN([C@@H](c4ccccc4)c4nnnn4-c4ccc(Cl)cc4)C(=O)[C@@H]13)O2)N1CCOCC1. The lowest BCUT2D eigenvalue weighted by Gasteiger charge is -2.33. The molecule has 1 spiro atoms. The molecule has 0 radical (unpaired) electrons. The van der Waals surface area contributed by atoms with Crippen molar-refractivity contribution < 1.29 is 19.1 Å². The summed E-state index contributed by atoms with van der Waals surface area (Å²) in [6, 6.07) is 16.3. The van der Waals surface area contributed by atoms with Crippen molar-refractivity contribution >= 4 is 23.4 Å². The maximum Gasteiger partial charge on any atom is 0.230 e. The van der Waals surface area contributed by atoms with E-state index >= 15 is 0 Å². The molecule has 3 fully saturated rings. The van der Waals surface area contributed by atoms with Crippen molar-refractivity contribution in [2.24, 2.45) is 11.8 Å². The highest BCUT2D eigenvalue weighted by Crippen LogP contribution is 2.54. The number of carbonyl (C=O) groups excluding carboxylic acids is 2. The van der Waals surface area contributed by atoms with Gasteiger partial charge in [0.05, 0.1) is 43.4 Å². The molecule has 2 aromatic carbocycles. The molecule has 1 aromatic heterocycles. The first-order valence-electron chi connectivity index (χ1n) is 12.7. The van der Waals surface area contributed by atoms with Crippen LogP contribution in [0.1, 0.15) is 17.4 Å². The molecular formula is C27H25ClN6O4. The van der Waals surface area contributed by atoms with Crippen molar-refractivity contribution in [3.05, 3.63) is 83.2 Å². The number of morpholine rings is 1. The average Bonchev–Trinajstić information content (AvgIpc) is 3.72. The van der Waals surface area contributed by atoms with Gasteiger partial charge in [-0.1, -0.05) is 54.1 Å². The van der Waals surface area contributed by atoms with E-state index in [4.69, 9.17) is 21.1 Å². The third-order valence-electron chi connectivity index (χ3n) is 7.97. The number of halogens is 1. The number of rotatable bonds is 5. The Morgan fingerprint density at radius 1 is 1.08 bits per heavy atom. The van der Waals surface area contributed by atoms with Gasteiger partial charge in [0.25, 0.3) is 0 Å². The summed E-state index contributed by atoms with van der Waals surface area (Å²) in [6.45, 7) is 2.33. The van der Waals surface area contributed by atoms with Crippen molar-refractivity contribution in [3.8, 4) is 5.69 Å². The van der Waals surface area contributed by atoms with Gasteiger partial charge in [0.1, 0.15) is 11.6 Å². The second kappa shape index (κ2) is 9.00. The van der Waals surface area contributed by atoms with Crippen LogP contribution in [0.15, 0.2) is 66.7 Å². The Labute approximate surface area is 223 Å². The lowest BCUT2D eigenvalue weighted by molar-refractivity contribution is -0.146. The summed E-state index contributed by atoms with van der Waals surface area (Å²) in [4.78, 5) is 31.5. The summed E-state index contributed by atoms with van der Waals surface area (Å²) in [5.41, 5.74) is 0.717. The Bertz CT molecular complexity index is 1410. The molecule has 3 aromatic rings. The predicted molar refractivity (Wildman–Crippen MR) is 135 cm³/mol. The van der Waals surface area contributed by atoms with E-state index in [-0.39, 0.29) is 11.8 Å². The van der Waals surface area contributed by atoms with Gasteiger partial charge in [0, 0.05) is 18.1 Å². The first-order valence-corrected chi connectivity index (χ1v) is 13.1. The zero-order valence-corrected chi connectivity index (χ0v) is 21.1. The van der Waals surface area contributed by atoms with Crippen molar-refractivity contribution in [2.75, 3.05) is 32.8 Å². The molecule has 5 atom stereocenters. The van der Waals surface area contributed by atoms with Crippen molar-refractivity contribution in [1.29, 1.82) is 0 Å². The van der Waals surface area contributed by atoms with Gasteiger partial charge in [-0.3, -0.25) is 9.59 Å². The van der Waals surface area contributed by atoms with E-state index in [2.05, 4.69) is 15.5 Å². The minimum atomic E-state index is -0.861. The minimum absolute atomic E-state index is 0.0491. The normalized spacial score (nSPS) is 28.7. The molecule has 3 saturated heterocycles. The van der Waals surface area contributed by atoms with Gasteiger partial charge in [0.15, 0.2) is 5.82 Å². The van der Waals surface area contributed by atoms with Crippen LogP contribution in [0, 0.1) is 11.8 Å². The Kier molecular flexibility index (Phi) is 5.57. The van der Waals surface area contributed by atoms with Crippen LogP contribution < -0.4 is 0 Å². The first-order chi connectivity index (χ1) is 18.6. The number of ether oxygens (including phenoxy) is 2. The topological polar surface area (TPSA) is 103 Å². The molecule has 0 unspecified atom stereocenters. The summed E-state index contributed by atoms with van der Waals surface area (Å²) in [5.74, 6) is -0.883. The molecule has 0 aliphatic carbocycles. The fourth-order valence-corrected chi connectivity index (χ4v) is 6.38. The molecule has 2 bridgehead atoms. The number of likely N-dealkylation sites (tertiary alicyclic amines) is 1. The molecule has 2 amide bonds. The molecule has 38 heavy (non-hydrogen) atoms. The van der Waals surface area contributed by atoms with E-state index in [0.29, 0.717) is 43.7 Å². The number of hydrogen-bond donors (Lipinski definition) is 0. The number of aromatic nitrogens is 4. The van der Waals surface area contributed by atoms with Crippen LogP contribution in [0.5, 0.6) is 0 Å². The highest BCUT2D eigenvalue weighted by Gasteiger charge is 2.68. The fourth-order valence-electron chi connectivity index (χ4n) is 6.26. The summed E-state index contributed by atoms with van der Waals surface area (Å²) >= 11 is 6.11. The zero-order valence-electron chi connectivity index (χ0n) is 20.4. The third-order valence-corrected chi connectivity index (χ3v) is 8.23. The Morgan fingerprint density at radius 3 is 2.61 bits per heavy atom. The van der Waals surface area contributed by atoms with E-state index in [9.17, 15) is 9.59 Å². The second-order valence-electron chi connectivity index (χ2n) is 10.0. The van der Waals surface area contributed by atoms with Crippen LogP contribution in [0.25, 0.3) is 5.69 Å². The number of hydrogen-bond acceptors (Lipinski definition) is 7. The van der Waals surface area contributed by atoms with Crippen LogP contribution in [0.3, 0.4) is 0 Å². The molecule has 0 saturated carbocycles. The Morgan fingerprint density at radius 2 is 1.84 bits per heavy atom. The number of carbonyl (C=O) groups is 2. The van der Waals surface area contributed by atoms with Crippen LogP contribution in [-0.4, -0.2) is 86.4 Å². The number of tetrazole rings is 1. The predicted octanol–water partition coefficient (Wildman–Crippen LogP) is 2.05. The maximum atomic E-state index is 14.3. The number of amides is 2. The molecule has 5 heterocycles. The zero-order chi connectivity index (χ0) is 25.9. The van der Waals surface area contributed by atoms with Crippen molar-refractivity contribution in [1.82, 2.24) is 30.0 Å². The van der Waals surface area contributed by atoms with E-state index in [0.717, 1.165) is 11.3 Å². The van der Waals surface area contributed by atoms with E-state index in [1.807, 2.05) is 54.6 Å². The lowest BCUT2D eigenvalue weighted by Crippen LogP contribution is -2.49. The van der Waals surface area contributed by atoms with Crippen LogP contribution in [-0.2, 0) is 19.1 Å². The molecule has 11 heteroatoms. The molecule has 7 rings (SSSR count). The summed E-state index contributed by atoms with van der Waals surface area (Å²) in [5, 5.41) is 13.2. The Hall–Kier alpha value is -3.60. The number of fused-ring (bicyclic) bond motifs is 1. The van der Waals surface area contributed by atoms with Gasteiger partial charge in [-0.25, -0.2) is 0 Å². The highest BCUT2D eigenvalue weighted by molar-refractivity contribution is 6.30. The fraction of sp³-hybridized carbons (Fsp3) is 0.370. The molecule has 4 aliphatic heterocycles. The first kappa shape index (κ1) is 23.5.